The van der Waals surface area contributed by atoms with Gasteiger partial charge in [-0.25, -0.2) is 0 Å². The number of carbonyl (C=O) groups is 1. The van der Waals surface area contributed by atoms with Crippen LogP contribution >= 0.6 is 11.6 Å². The van der Waals surface area contributed by atoms with Gasteiger partial charge in [-0.15, -0.1) is 0 Å². The lowest BCUT2D eigenvalue weighted by Crippen LogP contribution is -2.00. The van der Waals surface area contributed by atoms with Crippen molar-refractivity contribution in [1.82, 2.24) is 0 Å². The topological polar surface area (TPSA) is 55.8 Å². The molecule has 0 bridgehead atoms. The molecule has 126 valence electrons. The number of carboxylic acid groups (broad SMARTS) is 1. The number of halogens is 1. The van der Waals surface area contributed by atoms with Gasteiger partial charge in [0.15, 0.2) is 0 Å². The zero-order valence-electron chi connectivity index (χ0n) is 13.4. The van der Waals surface area contributed by atoms with Crippen LogP contribution in [0.4, 0.5) is 0 Å². The third kappa shape index (κ3) is 5.63. The van der Waals surface area contributed by atoms with E-state index in [0.717, 1.165) is 11.1 Å². The highest BCUT2D eigenvalue weighted by Crippen LogP contribution is 2.26. The first-order valence-electron chi connectivity index (χ1n) is 7.54. The first-order valence-corrected chi connectivity index (χ1v) is 7.92. The number of aliphatic carboxylic acids is 1. The van der Waals surface area contributed by atoms with Gasteiger partial charge in [-0.3, -0.25) is 4.79 Å². The lowest BCUT2D eigenvalue weighted by Gasteiger charge is -2.10. The highest BCUT2D eigenvalue weighted by atomic mass is 35.5. The quantitative estimate of drug-likeness (QED) is 0.715. The molecule has 0 radical (unpaired) electrons. The van der Waals surface area contributed by atoms with Gasteiger partial charge in [-0.2, -0.15) is 0 Å². The highest BCUT2D eigenvalue weighted by Gasteiger charge is 2.04. The van der Waals surface area contributed by atoms with Gasteiger partial charge < -0.3 is 14.6 Å². The van der Waals surface area contributed by atoms with E-state index in [4.69, 9.17) is 26.2 Å². The fourth-order valence-corrected chi connectivity index (χ4v) is 2.29. The van der Waals surface area contributed by atoms with Gasteiger partial charge in [0.25, 0.3) is 0 Å². The molecule has 5 heteroatoms. The van der Waals surface area contributed by atoms with Gasteiger partial charge in [0.2, 0.25) is 0 Å². The third-order valence-corrected chi connectivity index (χ3v) is 3.55. The number of ether oxygens (including phenoxy) is 2. The summed E-state index contributed by atoms with van der Waals surface area (Å²) >= 11 is 6.20. The Balaban J connectivity index is 1.91. The number of benzene rings is 2. The molecule has 0 amide bonds. The van der Waals surface area contributed by atoms with Crippen molar-refractivity contribution in [2.24, 2.45) is 0 Å². The second-order valence-corrected chi connectivity index (χ2v) is 5.56. The molecule has 0 aliphatic rings. The summed E-state index contributed by atoms with van der Waals surface area (Å²) in [5, 5.41) is 9.29. The molecule has 2 aromatic carbocycles. The lowest BCUT2D eigenvalue weighted by molar-refractivity contribution is -0.136. The summed E-state index contributed by atoms with van der Waals surface area (Å²) in [5.74, 6) is 0.459. The zero-order chi connectivity index (χ0) is 17.4. The molecule has 0 aromatic heterocycles. The van der Waals surface area contributed by atoms with Gasteiger partial charge >= 0.3 is 5.97 Å². The van der Waals surface area contributed by atoms with Crippen LogP contribution in [-0.2, 0) is 17.8 Å². The molecule has 24 heavy (non-hydrogen) atoms. The SMILES string of the molecule is C/C=C/COc1ccc(COc2ccc(CC(=O)O)cc2)cc1Cl. The van der Waals surface area contributed by atoms with Gasteiger partial charge in [0.1, 0.15) is 24.7 Å². The lowest BCUT2D eigenvalue weighted by atomic mass is 10.1. The number of rotatable bonds is 8. The molecule has 0 saturated heterocycles. The summed E-state index contributed by atoms with van der Waals surface area (Å²) in [6.07, 6.45) is 3.82. The van der Waals surface area contributed by atoms with Gasteiger partial charge in [-0.1, -0.05) is 42.0 Å². The minimum atomic E-state index is -0.852. The maximum absolute atomic E-state index is 10.6. The summed E-state index contributed by atoms with van der Waals surface area (Å²) in [6.45, 7) is 2.78. The third-order valence-electron chi connectivity index (χ3n) is 3.25. The van der Waals surface area contributed by atoms with E-state index in [1.807, 2.05) is 37.3 Å². The van der Waals surface area contributed by atoms with Crippen LogP contribution in [0.15, 0.2) is 54.6 Å². The molecule has 2 rings (SSSR count). The van der Waals surface area contributed by atoms with Gasteiger partial charge in [0, 0.05) is 0 Å². The van der Waals surface area contributed by atoms with E-state index in [1.54, 1.807) is 24.3 Å². The maximum atomic E-state index is 10.6. The standard InChI is InChI=1S/C19H19ClO4/c1-2-3-10-23-18-9-6-15(11-17(18)20)13-24-16-7-4-14(5-8-16)12-19(21)22/h2-9,11H,10,12-13H2,1H3,(H,21,22)/b3-2+. The maximum Gasteiger partial charge on any atom is 0.307 e. The Morgan fingerprint density at radius 3 is 2.46 bits per heavy atom. The molecule has 0 spiro atoms. The molecule has 0 atom stereocenters. The van der Waals surface area contributed by atoms with Crippen LogP contribution in [0, 0.1) is 0 Å². The van der Waals surface area contributed by atoms with Crippen molar-refractivity contribution in [3.05, 3.63) is 70.8 Å². The van der Waals surface area contributed by atoms with Crippen molar-refractivity contribution < 1.29 is 19.4 Å². The Morgan fingerprint density at radius 1 is 1.12 bits per heavy atom. The second kappa shape index (κ2) is 8.99. The van der Waals surface area contributed by atoms with E-state index in [9.17, 15) is 4.79 Å². The molecule has 1 N–H and O–H groups in total. The van der Waals surface area contributed by atoms with Gasteiger partial charge in [0.05, 0.1) is 11.4 Å². The van der Waals surface area contributed by atoms with E-state index in [0.29, 0.717) is 29.7 Å². The fraction of sp³-hybridized carbons (Fsp3) is 0.211. The van der Waals surface area contributed by atoms with Crippen LogP contribution in [0.1, 0.15) is 18.1 Å². The summed E-state index contributed by atoms with van der Waals surface area (Å²) in [5.41, 5.74) is 1.66. The van der Waals surface area contributed by atoms with Crippen LogP contribution in [0.2, 0.25) is 5.02 Å². The Kier molecular flexibility index (Phi) is 6.70. The van der Waals surface area contributed by atoms with Crippen molar-refractivity contribution >= 4 is 17.6 Å². The van der Waals surface area contributed by atoms with Crippen molar-refractivity contribution in [3.8, 4) is 11.5 Å². The normalized spacial score (nSPS) is 10.8. The molecular weight excluding hydrogens is 328 g/mol. The number of hydrogen-bond acceptors (Lipinski definition) is 3. The summed E-state index contributed by atoms with van der Waals surface area (Å²) in [7, 11) is 0. The molecule has 0 heterocycles. The van der Waals surface area contributed by atoms with E-state index in [1.165, 1.54) is 0 Å². The summed E-state index contributed by atoms with van der Waals surface area (Å²) in [4.78, 5) is 10.6. The van der Waals surface area contributed by atoms with Crippen LogP contribution in [0.5, 0.6) is 11.5 Å². The van der Waals surface area contributed by atoms with Crippen LogP contribution < -0.4 is 9.47 Å². The molecular formula is C19H19ClO4. The van der Waals surface area contributed by atoms with Crippen LogP contribution in [0.3, 0.4) is 0 Å². The first kappa shape index (κ1) is 17.9. The largest absolute Gasteiger partial charge is 0.489 e. The van der Waals surface area contributed by atoms with Crippen molar-refractivity contribution in [2.45, 2.75) is 20.0 Å². The second-order valence-electron chi connectivity index (χ2n) is 5.15. The summed E-state index contributed by atoms with van der Waals surface area (Å²) in [6, 6.07) is 12.5. The smallest absolute Gasteiger partial charge is 0.307 e. The Labute approximate surface area is 146 Å². The molecule has 4 nitrogen and oxygen atoms in total. The average molecular weight is 347 g/mol. The van der Waals surface area contributed by atoms with Crippen LogP contribution in [-0.4, -0.2) is 17.7 Å². The number of carboxylic acids is 1. The first-order chi connectivity index (χ1) is 11.6. The van der Waals surface area contributed by atoms with Crippen molar-refractivity contribution in [1.29, 1.82) is 0 Å². The number of allylic oxidation sites excluding steroid dienone is 1. The molecule has 0 fully saturated rings. The predicted molar refractivity (Wildman–Crippen MR) is 93.9 cm³/mol. The molecule has 2 aromatic rings. The number of hydrogen-bond donors (Lipinski definition) is 1. The Morgan fingerprint density at radius 2 is 1.83 bits per heavy atom. The van der Waals surface area contributed by atoms with Crippen molar-refractivity contribution in [3.63, 3.8) is 0 Å². The van der Waals surface area contributed by atoms with E-state index >= 15 is 0 Å². The summed E-state index contributed by atoms with van der Waals surface area (Å²) < 4.78 is 11.2. The van der Waals surface area contributed by atoms with E-state index in [2.05, 4.69) is 0 Å². The Bertz CT molecular complexity index is 708. The molecule has 0 unspecified atom stereocenters. The fourth-order valence-electron chi connectivity index (χ4n) is 2.03. The zero-order valence-corrected chi connectivity index (χ0v) is 14.1. The minimum absolute atomic E-state index is 0.00453. The minimum Gasteiger partial charge on any atom is -0.489 e. The molecule has 0 aliphatic heterocycles. The molecule has 0 saturated carbocycles. The van der Waals surface area contributed by atoms with Crippen molar-refractivity contribution in [2.75, 3.05) is 6.61 Å². The molecule has 0 aliphatic carbocycles. The predicted octanol–water partition coefficient (Wildman–Crippen LogP) is 4.50. The highest BCUT2D eigenvalue weighted by molar-refractivity contribution is 6.32. The monoisotopic (exact) mass is 346 g/mol. The average Bonchev–Trinajstić information content (AvgIpc) is 2.56. The van der Waals surface area contributed by atoms with Crippen LogP contribution in [0.25, 0.3) is 0 Å². The van der Waals surface area contributed by atoms with Gasteiger partial charge in [-0.05, 0) is 42.3 Å². The van der Waals surface area contributed by atoms with E-state index < -0.39 is 5.97 Å². The Hall–Kier alpha value is -2.46. The van der Waals surface area contributed by atoms with E-state index in [-0.39, 0.29) is 6.42 Å².